The van der Waals surface area contributed by atoms with Gasteiger partial charge in [0, 0.05) is 6.54 Å². The minimum absolute atomic E-state index is 0.0604. The fraction of sp³-hybridized carbons (Fsp3) is 0.280. The zero-order valence-electron chi connectivity index (χ0n) is 19.6. The Morgan fingerprint density at radius 2 is 1.66 bits per heavy atom. The summed E-state index contributed by atoms with van der Waals surface area (Å²) in [5, 5.41) is 0. The number of nitrogens with two attached hydrogens (primary N) is 1. The van der Waals surface area contributed by atoms with Crippen molar-refractivity contribution in [2.45, 2.75) is 32.9 Å². The predicted molar refractivity (Wildman–Crippen MR) is 131 cm³/mol. The van der Waals surface area contributed by atoms with Gasteiger partial charge in [0.2, 0.25) is 0 Å². The van der Waals surface area contributed by atoms with Gasteiger partial charge in [-0.05, 0) is 31.0 Å². The van der Waals surface area contributed by atoms with Crippen molar-refractivity contribution >= 4 is 23.4 Å². The van der Waals surface area contributed by atoms with Gasteiger partial charge in [0.25, 0.3) is 11.5 Å². The fourth-order valence-electron chi connectivity index (χ4n) is 3.49. The number of aromatic amines is 1. The number of anilines is 2. The zero-order valence-corrected chi connectivity index (χ0v) is 19.6. The first-order chi connectivity index (χ1) is 16.8. The molecule has 1 heterocycles. The number of nitrogens with one attached hydrogen (secondary N) is 1. The molecule has 0 aliphatic carbocycles. The summed E-state index contributed by atoms with van der Waals surface area (Å²) >= 11 is 0. The van der Waals surface area contributed by atoms with Crippen LogP contribution in [0, 0.1) is 0 Å². The highest BCUT2D eigenvalue weighted by atomic mass is 16.6. The number of para-hydroxylation sites is 1. The normalized spacial score (nSPS) is 11.5. The van der Waals surface area contributed by atoms with E-state index >= 15 is 0 Å². The molecule has 1 amide bonds. The van der Waals surface area contributed by atoms with E-state index in [9.17, 15) is 19.2 Å². The van der Waals surface area contributed by atoms with Crippen LogP contribution in [0.2, 0.25) is 0 Å². The number of nitrogens with zero attached hydrogens (tertiary/aromatic N) is 2. The Kier molecular flexibility index (Phi) is 8.44. The lowest BCUT2D eigenvalue weighted by Crippen LogP contribution is -2.43. The number of rotatable bonds is 10. The van der Waals surface area contributed by atoms with Crippen molar-refractivity contribution in [3.63, 3.8) is 0 Å². The Hall–Kier alpha value is -4.34. The molecule has 184 valence electrons. The molecule has 0 aliphatic heterocycles. The maximum atomic E-state index is 12.9. The second kappa shape index (κ2) is 11.7. The Morgan fingerprint density at radius 3 is 2.26 bits per heavy atom. The van der Waals surface area contributed by atoms with Crippen molar-refractivity contribution in [3.05, 3.63) is 87.1 Å². The molecule has 0 fully saturated rings. The Balaban J connectivity index is 1.77. The number of ether oxygens (including phenoxy) is 2. The molecule has 2 aromatic carbocycles. The molecule has 1 atom stereocenters. The number of benzene rings is 2. The highest BCUT2D eigenvalue weighted by Gasteiger charge is 2.26. The number of hydrogen-bond acceptors (Lipinski definition) is 7. The summed E-state index contributed by atoms with van der Waals surface area (Å²) in [6.07, 6.45) is -0.572. The summed E-state index contributed by atoms with van der Waals surface area (Å²) in [6.45, 7) is 2.93. The lowest BCUT2D eigenvalue weighted by Gasteiger charge is -2.23. The molecule has 35 heavy (non-hydrogen) atoms. The van der Waals surface area contributed by atoms with Gasteiger partial charge in [-0.25, -0.2) is 9.59 Å². The number of aromatic nitrogens is 2. The maximum absolute atomic E-state index is 12.9. The molecule has 0 unspecified atom stereocenters. The topological polar surface area (TPSA) is 137 Å². The van der Waals surface area contributed by atoms with Gasteiger partial charge in [0.15, 0.2) is 18.4 Å². The van der Waals surface area contributed by atoms with Gasteiger partial charge in [-0.2, -0.15) is 0 Å². The van der Waals surface area contributed by atoms with Gasteiger partial charge in [0.1, 0.15) is 11.6 Å². The highest BCUT2D eigenvalue weighted by Crippen LogP contribution is 2.18. The van der Waals surface area contributed by atoms with E-state index in [4.69, 9.17) is 15.2 Å². The average Bonchev–Trinajstić information content (AvgIpc) is 2.87. The van der Waals surface area contributed by atoms with E-state index in [1.165, 1.54) is 4.57 Å². The first kappa shape index (κ1) is 25.3. The SMILES string of the molecule is CC[C@H](Oc1ccccc1)C(=O)OCC(=O)N(CC)c1c(N)n(Cc2ccccc2)c(=O)[nH]c1=O. The van der Waals surface area contributed by atoms with Gasteiger partial charge < -0.3 is 20.1 Å². The number of H-pyrrole nitrogens is 1. The van der Waals surface area contributed by atoms with Gasteiger partial charge in [0.05, 0.1) is 6.54 Å². The molecule has 10 nitrogen and oxygen atoms in total. The molecular formula is C25H28N4O6. The zero-order chi connectivity index (χ0) is 25.4. The van der Waals surface area contributed by atoms with E-state index in [1.54, 1.807) is 50.2 Å². The third-order valence-electron chi connectivity index (χ3n) is 5.28. The van der Waals surface area contributed by atoms with Crippen LogP contribution in [0.1, 0.15) is 25.8 Å². The van der Waals surface area contributed by atoms with Crippen LogP contribution in [-0.4, -0.2) is 40.7 Å². The highest BCUT2D eigenvalue weighted by molar-refractivity contribution is 5.97. The average molecular weight is 481 g/mol. The summed E-state index contributed by atoms with van der Waals surface area (Å²) < 4.78 is 12.0. The number of nitrogen functional groups attached to an aromatic ring is 1. The van der Waals surface area contributed by atoms with Crippen LogP contribution in [0.3, 0.4) is 0 Å². The lowest BCUT2D eigenvalue weighted by molar-refractivity contribution is -0.155. The molecule has 0 spiro atoms. The van der Waals surface area contributed by atoms with E-state index in [-0.39, 0.29) is 24.6 Å². The van der Waals surface area contributed by atoms with Crippen molar-refractivity contribution < 1.29 is 19.1 Å². The molecule has 0 radical (unpaired) electrons. The quantitative estimate of drug-likeness (QED) is 0.423. The monoisotopic (exact) mass is 480 g/mol. The van der Waals surface area contributed by atoms with Gasteiger partial charge in [-0.3, -0.25) is 19.1 Å². The van der Waals surface area contributed by atoms with Crippen molar-refractivity contribution in [1.29, 1.82) is 0 Å². The molecule has 3 rings (SSSR count). The number of hydrogen-bond donors (Lipinski definition) is 2. The van der Waals surface area contributed by atoms with E-state index in [0.29, 0.717) is 12.2 Å². The molecule has 0 saturated heterocycles. The number of carbonyl (C=O) groups is 2. The summed E-state index contributed by atoms with van der Waals surface area (Å²) in [7, 11) is 0. The van der Waals surface area contributed by atoms with Gasteiger partial charge >= 0.3 is 11.7 Å². The van der Waals surface area contributed by atoms with Crippen molar-refractivity contribution in [2.75, 3.05) is 23.8 Å². The molecular weight excluding hydrogens is 452 g/mol. The number of likely N-dealkylation sites (N-methyl/N-ethyl adjacent to an activating group) is 1. The second-order valence-electron chi connectivity index (χ2n) is 7.64. The smallest absolute Gasteiger partial charge is 0.347 e. The van der Waals surface area contributed by atoms with Crippen molar-refractivity contribution in [2.24, 2.45) is 0 Å². The molecule has 3 aromatic rings. The number of amides is 1. The number of carbonyl (C=O) groups excluding carboxylic acids is 2. The third-order valence-corrected chi connectivity index (χ3v) is 5.28. The second-order valence-corrected chi connectivity index (χ2v) is 7.64. The molecule has 0 saturated carbocycles. The van der Waals surface area contributed by atoms with Crippen LogP contribution < -0.4 is 26.6 Å². The molecule has 3 N–H and O–H groups in total. The molecule has 0 aliphatic rings. The fourth-order valence-corrected chi connectivity index (χ4v) is 3.49. The van der Waals surface area contributed by atoms with E-state index < -0.39 is 35.8 Å². The third kappa shape index (κ3) is 6.17. The van der Waals surface area contributed by atoms with Gasteiger partial charge in [-0.1, -0.05) is 55.5 Å². The van der Waals surface area contributed by atoms with E-state index in [2.05, 4.69) is 4.98 Å². The summed E-state index contributed by atoms with van der Waals surface area (Å²) in [5.41, 5.74) is 5.28. The molecule has 10 heteroatoms. The Labute approximate surface area is 201 Å². The molecule has 1 aromatic heterocycles. The minimum Gasteiger partial charge on any atom is -0.479 e. The van der Waals surface area contributed by atoms with Crippen LogP contribution >= 0.6 is 0 Å². The van der Waals surface area contributed by atoms with Crippen LogP contribution in [0.4, 0.5) is 11.5 Å². The van der Waals surface area contributed by atoms with Crippen LogP contribution in [0.5, 0.6) is 5.75 Å². The first-order valence-electron chi connectivity index (χ1n) is 11.2. The number of esters is 1. The Bertz CT molecular complexity index is 1270. The molecule has 0 bridgehead atoms. The Morgan fingerprint density at radius 1 is 1.03 bits per heavy atom. The van der Waals surface area contributed by atoms with E-state index in [0.717, 1.165) is 10.5 Å². The van der Waals surface area contributed by atoms with Crippen LogP contribution in [-0.2, 0) is 20.9 Å². The summed E-state index contributed by atoms with van der Waals surface area (Å²) in [4.78, 5) is 53.7. The minimum atomic E-state index is -0.901. The lowest BCUT2D eigenvalue weighted by atomic mass is 10.2. The largest absolute Gasteiger partial charge is 0.479 e. The first-order valence-corrected chi connectivity index (χ1v) is 11.2. The maximum Gasteiger partial charge on any atom is 0.347 e. The van der Waals surface area contributed by atoms with Crippen molar-refractivity contribution in [1.82, 2.24) is 9.55 Å². The predicted octanol–water partition coefficient (Wildman–Crippen LogP) is 1.92. The summed E-state index contributed by atoms with van der Waals surface area (Å²) in [5.74, 6) is -1.05. The van der Waals surface area contributed by atoms with Crippen molar-refractivity contribution in [3.8, 4) is 5.75 Å². The van der Waals surface area contributed by atoms with Crippen LogP contribution in [0.25, 0.3) is 0 Å². The van der Waals surface area contributed by atoms with Crippen LogP contribution in [0.15, 0.2) is 70.3 Å². The summed E-state index contributed by atoms with van der Waals surface area (Å²) in [6, 6.07) is 17.8. The van der Waals surface area contributed by atoms with Gasteiger partial charge in [-0.15, -0.1) is 0 Å². The standard InChI is InChI=1S/C25H28N4O6/c1-3-19(35-18-13-9-6-10-14-18)24(32)34-16-20(30)28(4-2)21-22(26)29(25(33)27-23(21)31)15-17-11-7-5-8-12-17/h5-14,19H,3-4,15-16,26H2,1-2H3,(H,27,31,33)/t19-/m0/s1. The van der Waals surface area contributed by atoms with E-state index in [1.807, 2.05) is 24.3 Å².